The lowest BCUT2D eigenvalue weighted by Crippen LogP contribution is -2.49. The fraction of sp³-hybridized carbons (Fsp3) is 0.625. The first-order valence-electron chi connectivity index (χ1n) is 8.38. The van der Waals surface area contributed by atoms with E-state index in [-0.39, 0.29) is 23.6 Å². The largest absolute Gasteiger partial charge is 0.337 e. The van der Waals surface area contributed by atoms with Crippen molar-refractivity contribution in [1.29, 1.82) is 0 Å². The summed E-state index contributed by atoms with van der Waals surface area (Å²) in [7, 11) is -3.41. The van der Waals surface area contributed by atoms with Crippen molar-refractivity contribution in [1.82, 2.24) is 14.6 Å². The number of halogens is 1. The zero-order valence-corrected chi connectivity index (χ0v) is 15.0. The lowest BCUT2D eigenvalue weighted by atomic mass is 10.1. The molecule has 1 saturated carbocycles. The molecule has 0 radical (unpaired) electrons. The number of aromatic nitrogens is 1. The molecule has 1 aliphatic carbocycles. The molecule has 1 N–H and O–H groups in total. The minimum atomic E-state index is -3.41. The Bertz CT molecular complexity index is 704. The number of piperidine rings is 1. The average molecular weight is 372 g/mol. The van der Waals surface area contributed by atoms with E-state index < -0.39 is 15.3 Å². The Morgan fingerprint density at radius 3 is 2.71 bits per heavy atom. The summed E-state index contributed by atoms with van der Waals surface area (Å²) in [4.78, 5) is 18.1. The van der Waals surface area contributed by atoms with Crippen LogP contribution in [0.1, 0.15) is 48.9 Å². The van der Waals surface area contributed by atoms with E-state index >= 15 is 0 Å². The van der Waals surface area contributed by atoms with Crippen molar-refractivity contribution in [3.8, 4) is 0 Å². The smallest absolute Gasteiger partial charge is 0.254 e. The van der Waals surface area contributed by atoms with Crippen molar-refractivity contribution in [2.24, 2.45) is 0 Å². The highest BCUT2D eigenvalue weighted by Gasteiger charge is 2.34. The van der Waals surface area contributed by atoms with Crippen LogP contribution in [-0.4, -0.2) is 48.6 Å². The SMILES string of the molecule is O=C(c1ccnc(Cl)c1)N1CCC[C@@H](S(=O)(=O)NC2CCCC2)C1. The topological polar surface area (TPSA) is 79.4 Å². The molecule has 0 unspecified atom stereocenters. The first-order valence-corrected chi connectivity index (χ1v) is 10.3. The van der Waals surface area contributed by atoms with Crippen molar-refractivity contribution >= 4 is 27.5 Å². The van der Waals surface area contributed by atoms with Gasteiger partial charge in [-0.2, -0.15) is 0 Å². The van der Waals surface area contributed by atoms with E-state index in [2.05, 4.69) is 9.71 Å². The zero-order chi connectivity index (χ0) is 17.2. The standard InChI is InChI=1S/C16H22ClN3O3S/c17-15-10-12(7-8-18-15)16(21)20-9-3-6-14(11-20)24(22,23)19-13-4-1-2-5-13/h7-8,10,13-14,19H,1-6,9,11H2/t14-/m1/s1. The first-order chi connectivity index (χ1) is 11.5. The highest BCUT2D eigenvalue weighted by atomic mass is 35.5. The van der Waals surface area contributed by atoms with Crippen LogP contribution >= 0.6 is 11.6 Å². The van der Waals surface area contributed by atoms with Crippen LogP contribution in [0.2, 0.25) is 5.15 Å². The molecule has 0 spiro atoms. The Labute approximate surface area is 147 Å². The molecule has 0 aromatic carbocycles. The van der Waals surface area contributed by atoms with Gasteiger partial charge in [0.25, 0.3) is 5.91 Å². The van der Waals surface area contributed by atoms with Gasteiger partial charge in [0, 0.05) is 30.9 Å². The van der Waals surface area contributed by atoms with Crippen LogP contribution in [0.15, 0.2) is 18.3 Å². The van der Waals surface area contributed by atoms with Gasteiger partial charge in [0.2, 0.25) is 10.0 Å². The molecule has 2 fully saturated rings. The van der Waals surface area contributed by atoms with Crippen molar-refractivity contribution in [2.45, 2.75) is 49.8 Å². The molecular weight excluding hydrogens is 350 g/mol. The monoisotopic (exact) mass is 371 g/mol. The molecular formula is C16H22ClN3O3S. The number of hydrogen-bond donors (Lipinski definition) is 1. The van der Waals surface area contributed by atoms with Crippen LogP contribution in [0.3, 0.4) is 0 Å². The second-order valence-corrected chi connectivity index (χ2v) is 8.91. The molecule has 1 aromatic rings. The van der Waals surface area contributed by atoms with Crippen molar-refractivity contribution in [2.75, 3.05) is 13.1 Å². The maximum Gasteiger partial charge on any atom is 0.254 e. The normalized spacial score (nSPS) is 22.7. The van der Waals surface area contributed by atoms with Crippen LogP contribution in [0, 0.1) is 0 Å². The Kier molecular flexibility index (Phi) is 5.42. The van der Waals surface area contributed by atoms with Gasteiger partial charge in [-0.15, -0.1) is 0 Å². The molecule has 1 saturated heterocycles. The van der Waals surface area contributed by atoms with Crippen LogP contribution < -0.4 is 4.72 Å². The summed E-state index contributed by atoms with van der Waals surface area (Å²) in [6.07, 6.45) is 6.71. The van der Waals surface area contributed by atoms with Gasteiger partial charge in [-0.3, -0.25) is 4.79 Å². The van der Waals surface area contributed by atoms with Gasteiger partial charge in [-0.25, -0.2) is 18.1 Å². The van der Waals surface area contributed by atoms with Crippen LogP contribution in [0.5, 0.6) is 0 Å². The number of carbonyl (C=O) groups is 1. The third-order valence-corrected chi connectivity index (χ3v) is 6.89. The van der Waals surface area contributed by atoms with Crippen molar-refractivity contribution in [3.05, 3.63) is 29.0 Å². The quantitative estimate of drug-likeness (QED) is 0.823. The molecule has 2 heterocycles. The molecule has 0 bridgehead atoms. The summed E-state index contributed by atoms with van der Waals surface area (Å²) in [6.45, 7) is 0.787. The lowest BCUT2D eigenvalue weighted by Gasteiger charge is -2.33. The zero-order valence-electron chi connectivity index (χ0n) is 13.4. The molecule has 3 rings (SSSR count). The maximum absolute atomic E-state index is 12.6. The Balaban J connectivity index is 1.68. The maximum atomic E-state index is 12.6. The van der Waals surface area contributed by atoms with E-state index in [1.54, 1.807) is 11.0 Å². The number of hydrogen-bond acceptors (Lipinski definition) is 4. The summed E-state index contributed by atoms with van der Waals surface area (Å²) in [5.74, 6) is -0.194. The van der Waals surface area contributed by atoms with Crippen LogP contribution in [-0.2, 0) is 10.0 Å². The molecule has 6 nitrogen and oxygen atoms in total. The molecule has 2 aliphatic rings. The molecule has 132 valence electrons. The van der Waals surface area contributed by atoms with E-state index in [0.29, 0.717) is 24.9 Å². The molecule has 1 aliphatic heterocycles. The summed E-state index contributed by atoms with van der Waals surface area (Å²) >= 11 is 5.84. The van der Waals surface area contributed by atoms with E-state index in [1.165, 1.54) is 12.3 Å². The third-order valence-electron chi connectivity index (χ3n) is 4.76. The predicted octanol–water partition coefficient (Wildman–Crippen LogP) is 2.20. The molecule has 1 aromatic heterocycles. The number of nitrogens with one attached hydrogen (secondary N) is 1. The fourth-order valence-electron chi connectivity index (χ4n) is 3.47. The minimum Gasteiger partial charge on any atom is -0.337 e. The Morgan fingerprint density at radius 1 is 1.25 bits per heavy atom. The van der Waals surface area contributed by atoms with Gasteiger partial charge in [0.15, 0.2) is 0 Å². The van der Waals surface area contributed by atoms with Gasteiger partial charge in [-0.1, -0.05) is 24.4 Å². The number of rotatable bonds is 4. The lowest BCUT2D eigenvalue weighted by molar-refractivity contribution is 0.0726. The average Bonchev–Trinajstić information content (AvgIpc) is 3.06. The van der Waals surface area contributed by atoms with Crippen molar-refractivity contribution in [3.63, 3.8) is 0 Å². The first kappa shape index (κ1) is 17.6. The summed E-state index contributed by atoms with van der Waals surface area (Å²) in [5.41, 5.74) is 0.441. The second-order valence-electron chi connectivity index (χ2n) is 6.53. The van der Waals surface area contributed by atoms with Gasteiger partial charge in [0.05, 0.1) is 5.25 Å². The Morgan fingerprint density at radius 2 is 2.00 bits per heavy atom. The minimum absolute atomic E-state index is 0.0556. The van der Waals surface area contributed by atoms with E-state index in [1.807, 2.05) is 0 Å². The van der Waals surface area contributed by atoms with E-state index in [9.17, 15) is 13.2 Å². The summed E-state index contributed by atoms with van der Waals surface area (Å²) < 4.78 is 28.1. The van der Waals surface area contributed by atoms with E-state index in [4.69, 9.17) is 11.6 Å². The fourth-order valence-corrected chi connectivity index (χ4v) is 5.39. The molecule has 24 heavy (non-hydrogen) atoms. The highest BCUT2D eigenvalue weighted by Crippen LogP contribution is 2.23. The molecule has 1 amide bonds. The van der Waals surface area contributed by atoms with E-state index in [0.717, 1.165) is 25.7 Å². The summed E-state index contributed by atoms with van der Waals surface area (Å²) in [5, 5.41) is -0.293. The number of sulfonamides is 1. The van der Waals surface area contributed by atoms with Gasteiger partial charge in [-0.05, 0) is 37.8 Å². The third kappa shape index (κ3) is 4.07. The highest BCUT2D eigenvalue weighted by molar-refractivity contribution is 7.90. The summed E-state index contributed by atoms with van der Waals surface area (Å²) in [6, 6.07) is 3.17. The van der Waals surface area contributed by atoms with Gasteiger partial charge in [0.1, 0.15) is 5.15 Å². The van der Waals surface area contributed by atoms with Crippen LogP contribution in [0.25, 0.3) is 0 Å². The van der Waals surface area contributed by atoms with Gasteiger partial charge >= 0.3 is 0 Å². The number of pyridine rings is 1. The van der Waals surface area contributed by atoms with Gasteiger partial charge < -0.3 is 4.90 Å². The van der Waals surface area contributed by atoms with Crippen LogP contribution in [0.4, 0.5) is 0 Å². The number of likely N-dealkylation sites (tertiary alicyclic amines) is 1. The predicted molar refractivity (Wildman–Crippen MR) is 92.5 cm³/mol. The number of amides is 1. The molecule has 8 heteroatoms. The number of nitrogens with zero attached hydrogens (tertiary/aromatic N) is 2. The number of carbonyl (C=O) groups excluding carboxylic acids is 1. The Hall–Kier alpha value is -1.18. The van der Waals surface area contributed by atoms with Crippen molar-refractivity contribution < 1.29 is 13.2 Å². The molecule has 1 atom stereocenters. The second kappa shape index (κ2) is 7.37.